The maximum atomic E-state index is 9.19. The van der Waals surface area contributed by atoms with Crippen molar-refractivity contribution >= 4 is 0 Å². The zero-order valence-electron chi connectivity index (χ0n) is 6.95. The first-order valence-corrected chi connectivity index (χ1v) is 4.04. The van der Waals surface area contributed by atoms with Crippen LogP contribution < -0.4 is 4.74 Å². The van der Waals surface area contributed by atoms with Gasteiger partial charge >= 0.3 is 0 Å². The van der Waals surface area contributed by atoms with E-state index >= 15 is 0 Å². The summed E-state index contributed by atoms with van der Waals surface area (Å²) in [4.78, 5) is 3.99. The maximum Gasteiger partial charge on any atom is 0.216 e. The van der Waals surface area contributed by atoms with Gasteiger partial charge in [-0.1, -0.05) is 0 Å². The second kappa shape index (κ2) is 2.66. The Kier molecular flexibility index (Phi) is 1.64. The van der Waals surface area contributed by atoms with Crippen molar-refractivity contribution in [2.24, 2.45) is 0 Å². The van der Waals surface area contributed by atoms with Crippen LogP contribution in [-0.4, -0.2) is 17.2 Å². The molecule has 2 rings (SSSR count). The Morgan fingerprint density at radius 1 is 1.58 bits per heavy atom. The number of rotatable bonds is 2. The fourth-order valence-corrected chi connectivity index (χ4v) is 1.31. The quantitative estimate of drug-likeness (QED) is 0.724. The standard InChI is InChI=1S/C9H11NO2/c1-12-9-8(6-2-3-6)4-7(11)5-10-9/h4-6,11H,2-3H2,1H3. The molecule has 1 aliphatic rings. The lowest BCUT2D eigenvalue weighted by Crippen LogP contribution is -1.92. The van der Waals surface area contributed by atoms with Gasteiger partial charge in [-0.05, 0) is 24.8 Å². The lowest BCUT2D eigenvalue weighted by atomic mass is 10.2. The summed E-state index contributed by atoms with van der Waals surface area (Å²) in [5.41, 5.74) is 1.04. The molecule has 64 valence electrons. The van der Waals surface area contributed by atoms with Gasteiger partial charge in [-0.2, -0.15) is 0 Å². The zero-order valence-corrected chi connectivity index (χ0v) is 6.95. The molecule has 1 aromatic heterocycles. The van der Waals surface area contributed by atoms with Crippen LogP contribution in [0.25, 0.3) is 0 Å². The van der Waals surface area contributed by atoms with Crippen molar-refractivity contribution in [2.75, 3.05) is 7.11 Å². The van der Waals surface area contributed by atoms with Crippen LogP contribution in [0.15, 0.2) is 12.3 Å². The molecule has 1 aromatic rings. The van der Waals surface area contributed by atoms with E-state index in [2.05, 4.69) is 4.98 Å². The minimum Gasteiger partial charge on any atom is -0.506 e. The van der Waals surface area contributed by atoms with E-state index in [4.69, 9.17) is 4.74 Å². The number of pyridine rings is 1. The van der Waals surface area contributed by atoms with Gasteiger partial charge in [0.15, 0.2) is 0 Å². The molecule has 0 atom stereocenters. The van der Waals surface area contributed by atoms with E-state index in [0.717, 1.165) is 5.56 Å². The molecule has 0 amide bonds. The summed E-state index contributed by atoms with van der Waals surface area (Å²) in [5, 5.41) is 9.19. The van der Waals surface area contributed by atoms with Crippen molar-refractivity contribution in [1.29, 1.82) is 0 Å². The summed E-state index contributed by atoms with van der Waals surface area (Å²) in [7, 11) is 1.60. The number of aromatic nitrogens is 1. The number of ether oxygens (including phenoxy) is 1. The molecule has 0 saturated heterocycles. The lowest BCUT2D eigenvalue weighted by Gasteiger charge is -2.05. The molecular weight excluding hydrogens is 154 g/mol. The first-order chi connectivity index (χ1) is 5.81. The Hall–Kier alpha value is -1.25. The Labute approximate surface area is 71.0 Å². The second-order valence-electron chi connectivity index (χ2n) is 3.07. The normalized spacial score (nSPS) is 16.1. The maximum absolute atomic E-state index is 9.19. The van der Waals surface area contributed by atoms with Crippen molar-refractivity contribution in [3.05, 3.63) is 17.8 Å². The number of hydrogen-bond acceptors (Lipinski definition) is 3. The van der Waals surface area contributed by atoms with Gasteiger partial charge in [-0.25, -0.2) is 4.98 Å². The fourth-order valence-electron chi connectivity index (χ4n) is 1.31. The molecule has 3 nitrogen and oxygen atoms in total. The molecule has 1 heterocycles. The smallest absolute Gasteiger partial charge is 0.216 e. The molecule has 1 aliphatic carbocycles. The van der Waals surface area contributed by atoms with E-state index in [1.807, 2.05) is 0 Å². The van der Waals surface area contributed by atoms with E-state index in [9.17, 15) is 5.11 Å². The Morgan fingerprint density at radius 3 is 2.92 bits per heavy atom. The number of hydrogen-bond donors (Lipinski definition) is 1. The number of methoxy groups -OCH3 is 1. The highest BCUT2D eigenvalue weighted by Crippen LogP contribution is 2.44. The Bertz CT molecular complexity index is 295. The van der Waals surface area contributed by atoms with Gasteiger partial charge < -0.3 is 9.84 Å². The van der Waals surface area contributed by atoms with Crippen molar-refractivity contribution in [1.82, 2.24) is 4.98 Å². The van der Waals surface area contributed by atoms with Gasteiger partial charge in [0.2, 0.25) is 5.88 Å². The highest BCUT2D eigenvalue weighted by Gasteiger charge is 2.27. The third-order valence-electron chi connectivity index (χ3n) is 2.07. The van der Waals surface area contributed by atoms with Gasteiger partial charge in [-0.15, -0.1) is 0 Å². The van der Waals surface area contributed by atoms with Gasteiger partial charge in [0.1, 0.15) is 5.75 Å². The summed E-state index contributed by atoms with van der Waals surface area (Å²) in [6.07, 6.45) is 3.77. The van der Waals surface area contributed by atoms with Crippen LogP contribution in [-0.2, 0) is 0 Å². The molecule has 0 bridgehead atoms. The Morgan fingerprint density at radius 2 is 2.33 bits per heavy atom. The van der Waals surface area contributed by atoms with Crippen LogP contribution in [0.5, 0.6) is 11.6 Å². The first-order valence-electron chi connectivity index (χ1n) is 4.04. The molecule has 3 heteroatoms. The van der Waals surface area contributed by atoms with Crippen LogP contribution in [0, 0.1) is 0 Å². The van der Waals surface area contributed by atoms with E-state index in [-0.39, 0.29) is 5.75 Å². The molecule has 0 aromatic carbocycles. The van der Waals surface area contributed by atoms with E-state index in [1.165, 1.54) is 19.0 Å². The van der Waals surface area contributed by atoms with Crippen LogP contribution in [0.2, 0.25) is 0 Å². The summed E-state index contributed by atoms with van der Waals surface area (Å²) in [6.45, 7) is 0. The molecule has 12 heavy (non-hydrogen) atoms. The van der Waals surface area contributed by atoms with Crippen molar-refractivity contribution < 1.29 is 9.84 Å². The SMILES string of the molecule is COc1ncc(O)cc1C1CC1. The van der Waals surface area contributed by atoms with Gasteiger partial charge in [0.05, 0.1) is 13.3 Å². The summed E-state index contributed by atoms with van der Waals surface area (Å²) >= 11 is 0. The largest absolute Gasteiger partial charge is 0.506 e. The minimum atomic E-state index is 0.220. The van der Waals surface area contributed by atoms with E-state index < -0.39 is 0 Å². The topological polar surface area (TPSA) is 42.4 Å². The third-order valence-corrected chi connectivity index (χ3v) is 2.07. The predicted molar refractivity (Wildman–Crippen MR) is 44.4 cm³/mol. The highest BCUT2D eigenvalue weighted by atomic mass is 16.5. The van der Waals surface area contributed by atoms with Crippen LogP contribution >= 0.6 is 0 Å². The molecular formula is C9H11NO2. The Balaban J connectivity index is 2.39. The van der Waals surface area contributed by atoms with Crippen molar-refractivity contribution in [2.45, 2.75) is 18.8 Å². The van der Waals surface area contributed by atoms with E-state index in [0.29, 0.717) is 11.8 Å². The van der Waals surface area contributed by atoms with Gasteiger partial charge in [0.25, 0.3) is 0 Å². The van der Waals surface area contributed by atoms with Crippen molar-refractivity contribution in [3.63, 3.8) is 0 Å². The lowest BCUT2D eigenvalue weighted by molar-refractivity contribution is 0.388. The average molecular weight is 165 g/mol. The molecule has 1 N–H and O–H groups in total. The summed E-state index contributed by atoms with van der Waals surface area (Å²) in [5.74, 6) is 1.42. The highest BCUT2D eigenvalue weighted by molar-refractivity contribution is 5.37. The fraction of sp³-hybridized carbons (Fsp3) is 0.444. The van der Waals surface area contributed by atoms with Gasteiger partial charge in [-0.3, -0.25) is 0 Å². The van der Waals surface area contributed by atoms with Crippen LogP contribution in [0.4, 0.5) is 0 Å². The second-order valence-corrected chi connectivity index (χ2v) is 3.07. The monoisotopic (exact) mass is 165 g/mol. The molecule has 0 spiro atoms. The third kappa shape index (κ3) is 1.22. The van der Waals surface area contributed by atoms with Crippen LogP contribution in [0.3, 0.4) is 0 Å². The zero-order chi connectivity index (χ0) is 8.55. The average Bonchev–Trinajstić information content (AvgIpc) is 2.87. The summed E-state index contributed by atoms with van der Waals surface area (Å²) < 4.78 is 5.08. The van der Waals surface area contributed by atoms with Crippen molar-refractivity contribution in [3.8, 4) is 11.6 Å². The van der Waals surface area contributed by atoms with Crippen LogP contribution in [0.1, 0.15) is 24.3 Å². The minimum absolute atomic E-state index is 0.220. The molecule has 1 fully saturated rings. The van der Waals surface area contributed by atoms with Gasteiger partial charge in [0, 0.05) is 5.56 Å². The molecule has 0 unspecified atom stereocenters. The van der Waals surface area contributed by atoms with E-state index in [1.54, 1.807) is 13.2 Å². The first kappa shape index (κ1) is 7.40. The molecule has 0 radical (unpaired) electrons. The molecule has 1 saturated carbocycles. The predicted octanol–water partition coefficient (Wildman–Crippen LogP) is 1.67. The number of aromatic hydroxyl groups is 1. The molecule has 0 aliphatic heterocycles. The summed E-state index contributed by atoms with van der Waals surface area (Å²) in [6, 6.07) is 1.74. The number of nitrogens with zero attached hydrogens (tertiary/aromatic N) is 1.